The quantitative estimate of drug-likeness (QED) is 0.148. The molecule has 2 aromatic rings. The van der Waals surface area contributed by atoms with Crippen LogP contribution in [0, 0.1) is 5.92 Å². The second kappa shape index (κ2) is 14.3. The number of nitrogens with two attached hydrogens (primary N) is 1. The van der Waals surface area contributed by atoms with Crippen LogP contribution in [0.15, 0.2) is 30.5 Å². The van der Waals surface area contributed by atoms with E-state index in [4.69, 9.17) is 10.8 Å². The molecule has 0 radical (unpaired) electrons. The molecule has 0 saturated carbocycles. The summed E-state index contributed by atoms with van der Waals surface area (Å²) in [7, 11) is 0. The fourth-order valence-corrected chi connectivity index (χ4v) is 4.03. The third kappa shape index (κ3) is 8.79. The lowest BCUT2D eigenvalue weighted by Gasteiger charge is -2.29. The molecule has 6 atom stereocenters. The van der Waals surface area contributed by atoms with Gasteiger partial charge in [-0.15, -0.1) is 0 Å². The normalized spacial score (nSPS) is 15.8. The van der Waals surface area contributed by atoms with Crippen molar-refractivity contribution in [3.05, 3.63) is 36.0 Å². The molecule has 0 saturated heterocycles. The molecule has 0 spiro atoms. The number of aliphatic hydroxyl groups is 1. The number of aliphatic hydroxyl groups excluding tert-OH is 1. The molecule has 9 N–H and O–H groups in total. The number of carbonyl (C=O) groups is 5. The van der Waals surface area contributed by atoms with Gasteiger partial charge in [0, 0.05) is 23.5 Å². The standard InChI is InChI=1S/C26H37N5O8/c1-4-13(2)21(30-23(35)17(27)11-15-12-28-18-8-6-5-7-16(15)18)24(36)31-22(14(3)32)25(37)29-19(26(38)39)9-10-20(33)34/h5-8,12-14,17,19,21-22,28,32H,4,9-11,27H2,1-3H3,(H,29,37)(H,30,35)(H,31,36)(H,33,34)(H,38,39). The number of nitrogens with one attached hydrogen (secondary N) is 4. The summed E-state index contributed by atoms with van der Waals surface area (Å²) >= 11 is 0. The van der Waals surface area contributed by atoms with E-state index in [0.717, 1.165) is 16.5 Å². The molecule has 1 aromatic carbocycles. The van der Waals surface area contributed by atoms with Crippen LogP contribution in [0.25, 0.3) is 10.9 Å². The molecule has 3 amide bonds. The first-order valence-corrected chi connectivity index (χ1v) is 12.7. The van der Waals surface area contributed by atoms with Crippen LogP contribution in [0.4, 0.5) is 0 Å². The zero-order valence-corrected chi connectivity index (χ0v) is 22.1. The first kappa shape index (κ1) is 31.2. The van der Waals surface area contributed by atoms with Crippen LogP contribution in [0.2, 0.25) is 0 Å². The Hall–Kier alpha value is -3.97. The molecule has 0 fully saturated rings. The number of aromatic nitrogens is 1. The summed E-state index contributed by atoms with van der Waals surface area (Å²) in [5.74, 6) is -5.45. The Balaban J connectivity index is 2.12. The summed E-state index contributed by atoms with van der Waals surface area (Å²) in [6, 6.07) is 2.36. The van der Waals surface area contributed by atoms with Gasteiger partial charge < -0.3 is 42.0 Å². The van der Waals surface area contributed by atoms with Crippen LogP contribution in [-0.2, 0) is 30.4 Å². The second-order valence-corrected chi connectivity index (χ2v) is 9.60. The van der Waals surface area contributed by atoms with Crippen LogP contribution in [0.1, 0.15) is 45.6 Å². The molecule has 13 nitrogen and oxygen atoms in total. The topological polar surface area (TPSA) is 224 Å². The van der Waals surface area contributed by atoms with Crippen LogP contribution in [-0.4, -0.2) is 80.2 Å². The lowest BCUT2D eigenvalue weighted by Crippen LogP contribution is -2.61. The summed E-state index contributed by atoms with van der Waals surface area (Å²) in [6.45, 7) is 4.76. The van der Waals surface area contributed by atoms with Gasteiger partial charge in [0.25, 0.3) is 0 Å². The molecule has 1 aromatic heterocycles. The molecule has 2 rings (SSSR count). The maximum atomic E-state index is 13.2. The number of hydrogen-bond donors (Lipinski definition) is 8. The van der Waals surface area contributed by atoms with Crippen LogP contribution >= 0.6 is 0 Å². The average molecular weight is 548 g/mol. The van der Waals surface area contributed by atoms with Gasteiger partial charge >= 0.3 is 11.9 Å². The van der Waals surface area contributed by atoms with Crippen LogP contribution in [0.3, 0.4) is 0 Å². The number of rotatable bonds is 15. The molecule has 39 heavy (non-hydrogen) atoms. The van der Waals surface area contributed by atoms with E-state index in [-0.39, 0.29) is 12.3 Å². The zero-order valence-electron chi connectivity index (χ0n) is 22.1. The highest BCUT2D eigenvalue weighted by Crippen LogP contribution is 2.19. The predicted octanol–water partition coefficient (Wildman–Crippen LogP) is -0.132. The first-order valence-electron chi connectivity index (χ1n) is 12.7. The number of benzene rings is 1. The lowest BCUT2D eigenvalue weighted by atomic mass is 9.96. The highest BCUT2D eigenvalue weighted by Gasteiger charge is 2.34. The van der Waals surface area contributed by atoms with Crippen molar-refractivity contribution >= 4 is 40.6 Å². The van der Waals surface area contributed by atoms with Gasteiger partial charge in [-0.25, -0.2) is 4.79 Å². The third-order valence-corrected chi connectivity index (χ3v) is 6.57. The minimum atomic E-state index is -1.56. The van der Waals surface area contributed by atoms with Crippen molar-refractivity contribution in [2.75, 3.05) is 0 Å². The Bertz CT molecular complexity index is 1180. The second-order valence-electron chi connectivity index (χ2n) is 9.60. The van der Waals surface area contributed by atoms with Crippen molar-refractivity contribution in [3.8, 4) is 0 Å². The number of carboxylic acid groups (broad SMARTS) is 2. The van der Waals surface area contributed by atoms with Gasteiger partial charge in [-0.2, -0.15) is 0 Å². The number of carbonyl (C=O) groups excluding carboxylic acids is 3. The lowest BCUT2D eigenvalue weighted by molar-refractivity contribution is -0.144. The Labute approximate surface area is 225 Å². The monoisotopic (exact) mass is 547 g/mol. The number of para-hydroxylation sites is 1. The van der Waals surface area contributed by atoms with Crippen molar-refractivity contribution in [3.63, 3.8) is 0 Å². The van der Waals surface area contributed by atoms with E-state index in [1.54, 1.807) is 13.1 Å². The van der Waals surface area contributed by atoms with E-state index in [1.807, 2.05) is 31.2 Å². The van der Waals surface area contributed by atoms with Gasteiger partial charge in [-0.1, -0.05) is 38.5 Å². The number of amides is 3. The summed E-state index contributed by atoms with van der Waals surface area (Å²) in [5, 5.41) is 36.4. The van der Waals surface area contributed by atoms with Crippen molar-refractivity contribution in [2.24, 2.45) is 11.7 Å². The van der Waals surface area contributed by atoms with Crippen molar-refractivity contribution in [1.82, 2.24) is 20.9 Å². The maximum Gasteiger partial charge on any atom is 0.326 e. The number of H-pyrrole nitrogens is 1. The Kier molecular flexibility index (Phi) is 11.4. The number of fused-ring (bicyclic) bond motifs is 1. The van der Waals surface area contributed by atoms with E-state index < -0.39 is 72.8 Å². The fourth-order valence-electron chi connectivity index (χ4n) is 4.03. The fraction of sp³-hybridized carbons (Fsp3) is 0.500. The van der Waals surface area contributed by atoms with Crippen LogP contribution < -0.4 is 21.7 Å². The Morgan fingerprint density at radius 2 is 1.56 bits per heavy atom. The predicted molar refractivity (Wildman–Crippen MR) is 141 cm³/mol. The molecular formula is C26H37N5O8. The minimum absolute atomic E-state index is 0.205. The number of hydrogen-bond acceptors (Lipinski definition) is 7. The highest BCUT2D eigenvalue weighted by molar-refractivity contribution is 5.95. The number of carboxylic acids is 2. The van der Waals surface area contributed by atoms with Gasteiger partial charge in [0.15, 0.2) is 0 Å². The minimum Gasteiger partial charge on any atom is -0.481 e. The molecule has 0 aliphatic carbocycles. The van der Waals surface area contributed by atoms with Crippen molar-refractivity contribution in [2.45, 2.75) is 76.7 Å². The molecule has 1 heterocycles. The molecule has 6 unspecified atom stereocenters. The van der Waals surface area contributed by atoms with E-state index in [9.17, 15) is 34.2 Å². The van der Waals surface area contributed by atoms with Gasteiger partial charge in [-0.3, -0.25) is 19.2 Å². The summed E-state index contributed by atoms with van der Waals surface area (Å²) in [6.07, 6.45) is 0.123. The zero-order chi connectivity index (χ0) is 29.3. The number of aromatic amines is 1. The largest absolute Gasteiger partial charge is 0.481 e. The smallest absolute Gasteiger partial charge is 0.326 e. The van der Waals surface area contributed by atoms with E-state index in [2.05, 4.69) is 20.9 Å². The summed E-state index contributed by atoms with van der Waals surface area (Å²) < 4.78 is 0. The van der Waals surface area contributed by atoms with Crippen molar-refractivity contribution < 1.29 is 39.3 Å². The van der Waals surface area contributed by atoms with Crippen LogP contribution in [0.5, 0.6) is 0 Å². The molecule has 13 heteroatoms. The summed E-state index contributed by atoms with van der Waals surface area (Å²) in [4.78, 5) is 64.3. The van der Waals surface area contributed by atoms with Gasteiger partial charge in [0.2, 0.25) is 17.7 Å². The third-order valence-electron chi connectivity index (χ3n) is 6.57. The summed E-state index contributed by atoms with van der Waals surface area (Å²) in [5.41, 5.74) is 7.89. The molecular weight excluding hydrogens is 510 g/mol. The number of aliphatic carboxylic acids is 2. The highest BCUT2D eigenvalue weighted by atomic mass is 16.4. The van der Waals surface area contributed by atoms with Gasteiger partial charge in [-0.05, 0) is 37.3 Å². The van der Waals surface area contributed by atoms with E-state index in [1.165, 1.54) is 6.92 Å². The van der Waals surface area contributed by atoms with Gasteiger partial charge in [0.1, 0.15) is 18.1 Å². The average Bonchev–Trinajstić information content (AvgIpc) is 3.29. The van der Waals surface area contributed by atoms with E-state index >= 15 is 0 Å². The molecule has 214 valence electrons. The SMILES string of the molecule is CCC(C)C(NC(=O)C(N)Cc1c[nH]c2ccccc12)C(=O)NC(C(=O)NC(CCC(=O)O)C(=O)O)C(C)O. The maximum absolute atomic E-state index is 13.2. The Morgan fingerprint density at radius 1 is 0.949 bits per heavy atom. The van der Waals surface area contributed by atoms with Gasteiger partial charge in [0.05, 0.1) is 12.1 Å². The molecule has 0 aliphatic heterocycles. The molecule has 0 bridgehead atoms. The van der Waals surface area contributed by atoms with Crippen molar-refractivity contribution in [1.29, 1.82) is 0 Å². The Morgan fingerprint density at radius 3 is 2.15 bits per heavy atom. The first-order chi connectivity index (χ1) is 18.3. The van der Waals surface area contributed by atoms with E-state index in [0.29, 0.717) is 6.42 Å². The molecule has 0 aliphatic rings.